The van der Waals surface area contributed by atoms with Crippen LogP contribution < -0.4 is 10.6 Å². The highest BCUT2D eigenvalue weighted by Gasteiger charge is 2.13. The maximum Gasteiger partial charge on any atom is 0.191 e. The number of halogens is 2. The molecular formula is C18H27ClIN5. The highest BCUT2D eigenvalue weighted by molar-refractivity contribution is 14.0. The van der Waals surface area contributed by atoms with Crippen LogP contribution in [0.5, 0.6) is 0 Å². The largest absolute Gasteiger partial charge is 0.352 e. The van der Waals surface area contributed by atoms with Gasteiger partial charge in [-0.05, 0) is 30.5 Å². The van der Waals surface area contributed by atoms with Crippen LogP contribution in [0.2, 0.25) is 5.02 Å². The Labute approximate surface area is 172 Å². The third kappa shape index (κ3) is 5.88. The molecule has 1 aromatic carbocycles. The van der Waals surface area contributed by atoms with E-state index in [4.69, 9.17) is 11.6 Å². The lowest BCUT2D eigenvalue weighted by molar-refractivity contribution is 0.702. The molecule has 25 heavy (non-hydrogen) atoms. The van der Waals surface area contributed by atoms with Gasteiger partial charge in [0.05, 0.1) is 5.69 Å². The highest BCUT2D eigenvalue weighted by atomic mass is 127. The Kier molecular flexibility index (Phi) is 9.27. The van der Waals surface area contributed by atoms with Gasteiger partial charge in [-0.2, -0.15) is 5.10 Å². The molecule has 2 N–H and O–H groups in total. The van der Waals surface area contributed by atoms with Gasteiger partial charge < -0.3 is 10.6 Å². The summed E-state index contributed by atoms with van der Waals surface area (Å²) in [5, 5.41) is 12.1. The van der Waals surface area contributed by atoms with Crippen LogP contribution in [0.3, 0.4) is 0 Å². The van der Waals surface area contributed by atoms with Gasteiger partial charge >= 0.3 is 0 Å². The molecule has 0 aliphatic carbocycles. The van der Waals surface area contributed by atoms with E-state index in [0.29, 0.717) is 6.54 Å². The smallest absolute Gasteiger partial charge is 0.191 e. The first-order valence-corrected chi connectivity index (χ1v) is 8.69. The molecule has 0 unspecified atom stereocenters. The number of aromatic nitrogens is 2. The monoisotopic (exact) mass is 475 g/mol. The SMILES string of the molecule is CCc1nn(C)c(CC)c1CNC(=NC)NCc1cccc(Cl)c1.I. The minimum absolute atomic E-state index is 0. The lowest BCUT2D eigenvalue weighted by Crippen LogP contribution is -2.36. The third-order valence-electron chi connectivity index (χ3n) is 4.03. The second-order valence-electron chi connectivity index (χ2n) is 5.61. The van der Waals surface area contributed by atoms with E-state index < -0.39 is 0 Å². The van der Waals surface area contributed by atoms with E-state index in [0.717, 1.165) is 41.6 Å². The minimum atomic E-state index is 0. The van der Waals surface area contributed by atoms with E-state index in [9.17, 15) is 0 Å². The van der Waals surface area contributed by atoms with Crippen LogP contribution in [0, 0.1) is 0 Å². The quantitative estimate of drug-likeness (QED) is 0.381. The third-order valence-corrected chi connectivity index (χ3v) is 4.27. The van der Waals surface area contributed by atoms with E-state index in [2.05, 4.69) is 34.6 Å². The summed E-state index contributed by atoms with van der Waals surface area (Å²) in [4.78, 5) is 4.29. The fourth-order valence-corrected chi connectivity index (χ4v) is 3.03. The predicted octanol–water partition coefficient (Wildman–Crippen LogP) is 3.68. The van der Waals surface area contributed by atoms with Gasteiger partial charge in [-0.15, -0.1) is 24.0 Å². The van der Waals surface area contributed by atoms with Gasteiger partial charge in [-0.3, -0.25) is 9.67 Å². The van der Waals surface area contributed by atoms with E-state index in [-0.39, 0.29) is 24.0 Å². The van der Waals surface area contributed by atoms with Crippen molar-refractivity contribution in [1.29, 1.82) is 0 Å². The number of rotatable bonds is 6. The first kappa shape index (κ1) is 21.8. The fourth-order valence-electron chi connectivity index (χ4n) is 2.82. The van der Waals surface area contributed by atoms with E-state index in [1.165, 1.54) is 11.3 Å². The molecule has 0 atom stereocenters. The Bertz CT molecular complexity index is 711. The number of hydrogen-bond donors (Lipinski definition) is 2. The molecule has 0 amide bonds. The van der Waals surface area contributed by atoms with Gasteiger partial charge in [-0.25, -0.2) is 0 Å². The van der Waals surface area contributed by atoms with E-state index in [1.807, 2.05) is 36.0 Å². The van der Waals surface area contributed by atoms with Crippen LogP contribution in [0.1, 0.15) is 36.4 Å². The van der Waals surface area contributed by atoms with Gasteiger partial charge in [0.1, 0.15) is 0 Å². The number of nitrogens with one attached hydrogen (secondary N) is 2. The zero-order valence-electron chi connectivity index (χ0n) is 15.3. The van der Waals surface area contributed by atoms with Crippen LogP contribution in [-0.4, -0.2) is 22.8 Å². The van der Waals surface area contributed by atoms with Crippen LogP contribution >= 0.6 is 35.6 Å². The maximum atomic E-state index is 6.02. The van der Waals surface area contributed by atoms with Crippen molar-refractivity contribution in [2.45, 2.75) is 39.8 Å². The average molecular weight is 476 g/mol. The van der Waals surface area contributed by atoms with Crippen molar-refractivity contribution in [1.82, 2.24) is 20.4 Å². The van der Waals surface area contributed by atoms with Crippen LogP contribution in [0.15, 0.2) is 29.3 Å². The molecule has 1 heterocycles. The van der Waals surface area contributed by atoms with Crippen LogP contribution in [-0.2, 0) is 33.0 Å². The summed E-state index contributed by atoms with van der Waals surface area (Å²) < 4.78 is 1.98. The Hall–Kier alpha value is -1.28. The molecule has 5 nitrogen and oxygen atoms in total. The number of nitrogens with zero attached hydrogens (tertiary/aromatic N) is 3. The normalized spacial score (nSPS) is 11.2. The summed E-state index contributed by atoms with van der Waals surface area (Å²) in [5.74, 6) is 0.767. The summed E-state index contributed by atoms with van der Waals surface area (Å²) >= 11 is 6.02. The van der Waals surface area contributed by atoms with Gasteiger partial charge in [-0.1, -0.05) is 37.6 Å². The number of hydrogen-bond acceptors (Lipinski definition) is 2. The summed E-state index contributed by atoms with van der Waals surface area (Å²) in [6.45, 7) is 5.69. The molecule has 7 heteroatoms. The molecule has 0 saturated carbocycles. The molecule has 0 spiro atoms. The van der Waals surface area contributed by atoms with Crippen molar-refractivity contribution < 1.29 is 0 Å². The van der Waals surface area contributed by atoms with E-state index >= 15 is 0 Å². The Balaban J connectivity index is 0.00000312. The number of guanidine groups is 1. The highest BCUT2D eigenvalue weighted by Crippen LogP contribution is 2.15. The molecule has 0 aliphatic rings. The standard InChI is InChI=1S/C18H26ClN5.HI/c1-5-16-15(17(6-2)24(4)23-16)12-22-18(20-3)21-11-13-8-7-9-14(19)10-13;/h7-10H,5-6,11-12H2,1-4H3,(H2,20,21,22);1H. The van der Waals surface area contributed by atoms with Gasteiger partial charge in [0, 0.05) is 43.5 Å². The Morgan fingerprint density at radius 3 is 2.52 bits per heavy atom. The Morgan fingerprint density at radius 2 is 1.92 bits per heavy atom. The molecule has 2 rings (SSSR count). The summed E-state index contributed by atoms with van der Waals surface area (Å²) in [6.07, 6.45) is 1.90. The van der Waals surface area contributed by atoms with Crippen LogP contribution in [0.25, 0.3) is 0 Å². The van der Waals surface area contributed by atoms with Crippen molar-refractivity contribution in [3.8, 4) is 0 Å². The molecule has 0 radical (unpaired) electrons. The van der Waals surface area contributed by atoms with Gasteiger partial charge in [0.2, 0.25) is 0 Å². The van der Waals surface area contributed by atoms with E-state index in [1.54, 1.807) is 7.05 Å². The second kappa shape index (κ2) is 10.7. The molecule has 0 aliphatic heterocycles. The molecule has 2 aromatic rings. The minimum Gasteiger partial charge on any atom is -0.352 e. The zero-order valence-corrected chi connectivity index (χ0v) is 18.4. The number of benzene rings is 1. The topological polar surface area (TPSA) is 54.2 Å². The van der Waals surface area contributed by atoms with Gasteiger partial charge in [0.15, 0.2) is 5.96 Å². The van der Waals surface area contributed by atoms with Crippen molar-refractivity contribution in [2.75, 3.05) is 7.05 Å². The first-order valence-electron chi connectivity index (χ1n) is 8.31. The molecule has 0 fully saturated rings. The number of aryl methyl sites for hydroxylation is 2. The molecule has 0 saturated heterocycles. The fraction of sp³-hybridized carbons (Fsp3) is 0.444. The Morgan fingerprint density at radius 1 is 1.20 bits per heavy atom. The van der Waals surface area contributed by atoms with Crippen molar-refractivity contribution in [3.63, 3.8) is 0 Å². The molecular weight excluding hydrogens is 449 g/mol. The summed E-state index contributed by atoms with van der Waals surface area (Å²) in [5.41, 5.74) is 4.81. The average Bonchev–Trinajstić information content (AvgIpc) is 2.90. The lowest BCUT2D eigenvalue weighted by Gasteiger charge is -2.13. The maximum absolute atomic E-state index is 6.02. The van der Waals surface area contributed by atoms with Crippen molar-refractivity contribution >= 4 is 41.5 Å². The number of aliphatic imine (C=N–C) groups is 1. The second-order valence-corrected chi connectivity index (χ2v) is 6.05. The lowest BCUT2D eigenvalue weighted by atomic mass is 10.1. The van der Waals surface area contributed by atoms with Crippen molar-refractivity contribution in [2.24, 2.45) is 12.0 Å². The predicted molar refractivity (Wildman–Crippen MR) is 116 cm³/mol. The molecule has 1 aromatic heterocycles. The molecule has 138 valence electrons. The zero-order chi connectivity index (χ0) is 17.5. The molecule has 0 bridgehead atoms. The van der Waals surface area contributed by atoms with Gasteiger partial charge in [0.25, 0.3) is 0 Å². The summed E-state index contributed by atoms with van der Waals surface area (Å²) in [7, 11) is 3.78. The van der Waals surface area contributed by atoms with Crippen molar-refractivity contribution in [3.05, 3.63) is 51.8 Å². The summed E-state index contributed by atoms with van der Waals surface area (Å²) in [6, 6.07) is 7.82. The first-order chi connectivity index (χ1) is 11.6. The van der Waals surface area contributed by atoms with Crippen LogP contribution in [0.4, 0.5) is 0 Å².